The molecule has 0 radical (unpaired) electrons. The Hall–Kier alpha value is -1.98. The van der Waals surface area contributed by atoms with Crippen molar-refractivity contribution in [1.29, 1.82) is 0 Å². The largest absolute Gasteiger partial charge is 0.497 e. The van der Waals surface area contributed by atoms with Crippen molar-refractivity contribution in [3.05, 3.63) is 51.8 Å². The van der Waals surface area contributed by atoms with E-state index in [1.54, 1.807) is 31.3 Å². The maximum absolute atomic E-state index is 13.0. The van der Waals surface area contributed by atoms with E-state index in [0.29, 0.717) is 18.0 Å². The Balaban J connectivity index is 1.92. The molecule has 3 rings (SSSR count). The van der Waals surface area contributed by atoms with Gasteiger partial charge in [-0.05, 0) is 43.2 Å². The van der Waals surface area contributed by atoms with E-state index in [1.165, 1.54) is 0 Å². The number of halogens is 2. The quantitative estimate of drug-likeness (QED) is 0.704. The fraction of sp³-hybridized carbons (Fsp3) is 0.333. The molecule has 132 valence electrons. The lowest BCUT2D eigenvalue weighted by atomic mass is 10.1. The summed E-state index contributed by atoms with van der Waals surface area (Å²) in [5.41, 5.74) is 1.03. The van der Waals surface area contributed by atoms with Crippen molar-refractivity contribution in [2.45, 2.75) is 25.4 Å². The Morgan fingerprint density at radius 3 is 2.60 bits per heavy atom. The molecule has 7 heteroatoms. The molecular weight excluding hydrogens is 363 g/mol. The molecule has 5 nitrogen and oxygen atoms in total. The van der Waals surface area contributed by atoms with E-state index in [4.69, 9.17) is 32.7 Å². The van der Waals surface area contributed by atoms with E-state index >= 15 is 0 Å². The molecule has 1 saturated carbocycles. The van der Waals surface area contributed by atoms with Crippen molar-refractivity contribution >= 4 is 29.1 Å². The van der Waals surface area contributed by atoms with E-state index in [9.17, 15) is 4.79 Å². The lowest BCUT2D eigenvalue weighted by Gasteiger charge is -2.24. The number of ether oxygens (including phenoxy) is 2. The summed E-state index contributed by atoms with van der Waals surface area (Å²) in [6, 6.07) is 8.83. The first-order chi connectivity index (χ1) is 12.0. The van der Waals surface area contributed by atoms with Crippen molar-refractivity contribution in [2.24, 2.45) is 0 Å². The van der Waals surface area contributed by atoms with Gasteiger partial charge in [0.05, 0.1) is 25.8 Å². The first kappa shape index (κ1) is 17.8. The first-order valence-electron chi connectivity index (χ1n) is 7.87. The Morgan fingerprint density at radius 1 is 1.20 bits per heavy atom. The highest BCUT2D eigenvalue weighted by Crippen LogP contribution is 2.33. The van der Waals surface area contributed by atoms with Gasteiger partial charge in [-0.1, -0.05) is 23.2 Å². The maximum Gasteiger partial charge on any atom is 0.274 e. The molecule has 1 aliphatic carbocycles. The van der Waals surface area contributed by atoms with Crippen LogP contribution in [0.3, 0.4) is 0 Å². The molecule has 0 spiro atoms. The van der Waals surface area contributed by atoms with Crippen LogP contribution < -0.4 is 9.47 Å². The van der Waals surface area contributed by atoms with Gasteiger partial charge in [-0.15, -0.1) is 0 Å². The zero-order valence-corrected chi connectivity index (χ0v) is 15.5. The van der Waals surface area contributed by atoms with Crippen LogP contribution in [0.25, 0.3) is 0 Å². The van der Waals surface area contributed by atoms with Crippen molar-refractivity contribution in [1.82, 2.24) is 9.88 Å². The second-order valence-corrected chi connectivity index (χ2v) is 6.60. The Kier molecular flexibility index (Phi) is 5.35. The van der Waals surface area contributed by atoms with E-state index in [-0.39, 0.29) is 27.8 Å². The zero-order chi connectivity index (χ0) is 18.0. The zero-order valence-electron chi connectivity index (χ0n) is 14.0. The van der Waals surface area contributed by atoms with Gasteiger partial charge in [0.15, 0.2) is 0 Å². The van der Waals surface area contributed by atoms with Crippen LogP contribution in [0.1, 0.15) is 28.9 Å². The van der Waals surface area contributed by atoms with Gasteiger partial charge >= 0.3 is 0 Å². The number of nitrogens with zero attached hydrogens (tertiary/aromatic N) is 2. The number of carbonyl (C=O) groups excluding carboxylic acids is 1. The summed E-state index contributed by atoms with van der Waals surface area (Å²) >= 11 is 12.1. The lowest BCUT2D eigenvalue weighted by Crippen LogP contribution is -2.33. The van der Waals surface area contributed by atoms with E-state index in [1.807, 2.05) is 18.2 Å². The van der Waals surface area contributed by atoms with Crippen LogP contribution in [0.2, 0.25) is 10.2 Å². The standard InChI is InChI=1S/C18H18Cl2N2O3/c1-24-13-5-7-15(25-2)11(9-13)10-22(12-3-4-12)18(23)17-14(19)6-8-16(20)21-17/h5-9,12H,3-4,10H2,1-2H3. The molecule has 1 aromatic carbocycles. The number of benzene rings is 1. The molecule has 0 aliphatic heterocycles. The number of pyridine rings is 1. The summed E-state index contributed by atoms with van der Waals surface area (Å²) in [6.45, 7) is 0.383. The molecule has 1 aromatic heterocycles. The predicted molar refractivity (Wildman–Crippen MR) is 96.7 cm³/mol. The molecule has 1 heterocycles. The van der Waals surface area contributed by atoms with Gasteiger partial charge in [-0.25, -0.2) is 4.98 Å². The van der Waals surface area contributed by atoms with Gasteiger partial charge in [0.25, 0.3) is 5.91 Å². The first-order valence-corrected chi connectivity index (χ1v) is 8.63. The third-order valence-corrected chi connectivity index (χ3v) is 4.61. The van der Waals surface area contributed by atoms with Gasteiger partial charge < -0.3 is 14.4 Å². The number of hydrogen-bond acceptors (Lipinski definition) is 4. The smallest absolute Gasteiger partial charge is 0.274 e. The second kappa shape index (κ2) is 7.50. The Morgan fingerprint density at radius 2 is 1.96 bits per heavy atom. The third kappa shape index (κ3) is 3.99. The number of amides is 1. The van der Waals surface area contributed by atoms with Crippen molar-refractivity contribution in [3.8, 4) is 11.5 Å². The topological polar surface area (TPSA) is 51.7 Å². The van der Waals surface area contributed by atoms with Gasteiger partial charge in [0.1, 0.15) is 22.3 Å². The molecule has 1 amide bonds. The van der Waals surface area contributed by atoms with Gasteiger partial charge in [0.2, 0.25) is 0 Å². The summed E-state index contributed by atoms with van der Waals surface area (Å²) in [4.78, 5) is 18.9. The van der Waals surface area contributed by atoms with Crippen LogP contribution in [0.5, 0.6) is 11.5 Å². The summed E-state index contributed by atoms with van der Waals surface area (Å²) < 4.78 is 10.7. The van der Waals surface area contributed by atoms with Crippen molar-refractivity contribution < 1.29 is 14.3 Å². The summed E-state index contributed by atoms with van der Waals surface area (Å²) in [5.74, 6) is 1.17. The maximum atomic E-state index is 13.0. The average Bonchev–Trinajstić information content (AvgIpc) is 3.45. The monoisotopic (exact) mass is 380 g/mol. The Bertz CT molecular complexity index is 794. The normalized spacial score (nSPS) is 13.4. The number of rotatable bonds is 6. The molecule has 0 bridgehead atoms. The van der Waals surface area contributed by atoms with E-state index < -0.39 is 0 Å². The molecule has 1 aliphatic rings. The van der Waals surface area contributed by atoms with Gasteiger partial charge in [-0.3, -0.25) is 4.79 Å². The van der Waals surface area contributed by atoms with Crippen LogP contribution in [0.4, 0.5) is 0 Å². The summed E-state index contributed by atoms with van der Waals surface area (Å²) in [7, 11) is 3.20. The van der Waals surface area contributed by atoms with E-state index in [2.05, 4.69) is 4.98 Å². The minimum absolute atomic E-state index is 0.167. The minimum atomic E-state index is -0.236. The molecule has 25 heavy (non-hydrogen) atoms. The molecule has 1 fully saturated rings. The fourth-order valence-corrected chi connectivity index (χ4v) is 2.98. The van der Waals surface area contributed by atoms with Crippen molar-refractivity contribution in [3.63, 3.8) is 0 Å². The highest BCUT2D eigenvalue weighted by Gasteiger charge is 2.35. The second-order valence-electron chi connectivity index (χ2n) is 5.81. The number of carbonyl (C=O) groups is 1. The van der Waals surface area contributed by atoms with Crippen LogP contribution in [0, 0.1) is 0 Å². The Labute approximate surface area is 156 Å². The molecular formula is C18H18Cl2N2O3. The summed E-state index contributed by atoms with van der Waals surface area (Å²) in [6.07, 6.45) is 1.91. The lowest BCUT2D eigenvalue weighted by molar-refractivity contribution is 0.0723. The molecule has 0 N–H and O–H groups in total. The molecule has 0 atom stereocenters. The van der Waals surface area contributed by atoms with Crippen LogP contribution in [0.15, 0.2) is 30.3 Å². The van der Waals surface area contributed by atoms with Crippen LogP contribution >= 0.6 is 23.2 Å². The molecule has 0 unspecified atom stereocenters. The third-order valence-electron chi connectivity index (χ3n) is 4.09. The molecule has 2 aromatic rings. The van der Waals surface area contributed by atoms with E-state index in [0.717, 1.165) is 18.4 Å². The fourth-order valence-electron chi connectivity index (χ4n) is 2.65. The van der Waals surface area contributed by atoms with Crippen molar-refractivity contribution in [2.75, 3.05) is 14.2 Å². The van der Waals surface area contributed by atoms with Gasteiger partial charge in [0, 0.05) is 11.6 Å². The SMILES string of the molecule is COc1ccc(OC)c(CN(C(=O)c2nc(Cl)ccc2Cl)C2CC2)c1. The van der Waals surface area contributed by atoms with Crippen LogP contribution in [-0.4, -0.2) is 36.1 Å². The minimum Gasteiger partial charge on any atom is -0.497 e. The van der Waals surface area contributed by atoms with Gasteiger partial charge in [-0.2, -0.15) is 0 Å². The number of hydrogen-bond donors (Lipinski definition) is 0. The number of aromatic nitrogens is 1. The highest BCUT2D eigenvalue weighted by molar-refractivity contribution is 6.34. The predicted octanol–water partition coefficient (Wildman–Crippen LogP) is 4.21. The van der Waals surface area contributed by atoms with Crippen LogP contribution in [-0.2, 0) is 6.54 Å². The average molecular weight is 381 g/mol. The summed E-state index contributed by atoms with van der Waals surface area (Å²) in [5, 5.41) is 0.528. The number of methoxy groups -OCH3 is 2. The molecule has 0 saturated heterocycles. The highest BCUT2D eigenvalue weighted by atomic mass is 35.5.